The number of carboxylic acid groups (broad SMARTS) is 1. The highest BCUT2D eigenvalue weighted by molar-refractivity contribution is 6.02. The molecule has 1 fully saturated rings. The first-order chi connectivity index (χ1) is 10.9. The van der Waals surface area contributed by atoms with Crippen molar-refractivity contribution in [2.45, 2.75) is 31.2 Å². The van der Waals surface area contributed by atoms with Crippen LogP contribution in [0, 0.1) is 10.1 Å². The van der Waals surface area contributed by atoms with Gasteiger partial charge in [0.05, 0.1) is 4.92 Å². The Morgan fingerprint density at radius 2 is 2.00 bits per heavy atom. The monoisotopic (exact) mass is 317 g/mol. The molecule has 1 aliphatic carbocycles. The summed E-state index contributed by atoms with van der Waals surface area (Å²) in [6.07, 6.45) is 2.25. The fourth-order valence-corrected chi connectivity index (χ4v) is 3.07. The van der Waals surface area contributed by atoms with Gasteiger partial charge >= 0.3 is 5.97 Å². The zero-order valence-electron chi connectivity index (χ0n) is 12.2. The predicted molar refractivity (Wildman–Crippen MR) is 81.3 cm³/mol. The second kappa shape index (κ2) is 5.38. The van der Waals surface area contributed by atoms with Crippen molar-refractivity contribution in [2.24, 2.45) is 0 Å². The molecule has 3 rings (SSSR count). The number of para-hydroxylation sites is 1. The highest BCUT2D eigenvalue weighted by atomic mass is 16.6. The van der Waals surface area contributed by atoms with Crippen molar-refractivity contribution in [3.05, 3.63) is 40.1 Å². The highest BCUT2D eigenvalue weighted by Crippen LogP contribution is 2.31. The fraction of sp³-hybridized carbons (Fsp3) is 0.333. The van der Waals surface area contributed by atoms with Gasteiger partial charge in [0.2, 0.25) is 0 Å². The minimum absolute atomic E-state index is 0.113. The molecule has 1 heterocycles. The fourth-order valence-electron chi connectivity index (χ4n) is 3.07. The molecule has 1 aromatic carbocycles. The van der Waals surface area contributed by atoms with Gasteiger partial charge < -0.3 is 15.4 Å². The van der Waals surface area contributed by atoms with Crippen molar-refractivity contribution < 1.29 is 19.6 Å². The third-order valence-electron chi connectivity index (χ3n) is 4.29. The van der Waals surface area contributed by atoms with E-state index in [9.17, 15) is 24.8 Å². The van der Waals surface area contributed by atoms with Gasteiger partial charge in [0, 0.05) is 11.5 Å². The summed E-state index contributed by atoms with van der Waals surface area (Å²) in [4.78, 5) is 37.1. The van der Waals surface area contributed by atoms with Gasteiger partial charge in [-0.2, -0.15) is 0 Å². The van der Waals surface area contributed by atoms with Gasteiger partial charge in [-0.3, -0.25) is 14.9 Å². The number of benzene rings is 1. The van der Waals surface area contributed by atoms with Crippen LogP contribution in [-0.4, -0.2) is 32.4 Å². The Bertz CT molecular complexity index is 805. The lowest BCUT2D eigenvalue weighted by Gasteiger charge is -2.24. The molecule has 2 aromatic rings. The Balaban J connectivity index is 1.94. The van der Waals surface area contributed by atoms with Crippen LogP contribution in [0.1, 0.15) is 36.2 Å². The summed E-state index contributed by atoms with van der Waals surface area (Å²) in [7, 11) is 0. The molecule has 23 heavy (non-hydrogen) atoms. The van der Waals surface area contributed by atoms with E-state index in [0.29, 0.717) is 18.2 Å². The lowest BCUT2D eigenvalue weighted by Crippen LogP contribution is -2.52. The predicted octanol–water partition coefficient (Wildman–Crippen LogP) is 2.20. The maximum Gasteiger partial charge on any atom is 0.329 e. The number of carbonyl (C=O) groups is 2. The first kappa shape index (κ1) is 15.0. The van der Waals surface area contributed by atoms with E-state index in [1.807, 2.05) is 0 Å². The van der Waals surface area contributed by atoms with Gasteiger partial charge in [0.25, 0.3) is 11.6 Å². The Kier molecular flexibility index (Phi) is 3.51. The standard InChI is InChI=1S/C15H15N3O5/c19-13(17-15(14(20)21)6-1-2-7-15)10-8-9-4-3-5-11(18(22)23)12(9)16-10/h3-5,8,16H,1-2,6-7H2,(H,17,19)(H,20,21). The molecular weight excluding hydrogens is 302 g/mol. The van der Waals surface area contributed by atoms with Crippen LogP contribution < -0.4 is 5.32 Å². The van der Waals surface area contributed by atoms with Gasteiger partial charge in [0.1, 0.15) is 16.7 Å². The topological polar surface area (TPSA) is 125 Å². The molecule has 8 heteroatoms. The number of carbonyl (C=O) groups excluding carboxylic acids is 1. The first-order valence-electron chi connectivity index (χ1n) is 7.25. The number of amides is 1. The van der Waals surface area contributed by atoms with E-state index in [2.05, 4.69) is 10.3 Å². The van der Waals surface area contributed by atoms with Crippen LogP contribution in [0.2, 0.25) is 0 Å². The van der Waals surface area contributed by atoms with Crippen LogP contribution in [0.5, 0.6) is 0 Å². The van der Waals surface area contributed by atoms with Crippen molar-refractivity contribution >= 4 is 28.5 Å². The number of nitrogens with one attached hydrogen (secondary N) is 2. The lowest BCUT2D eigenvalue weighted by atomic mass is 9.97. The number of carboxylic acids is 1. The van der Waals surface area contributed by atoms with Crippen molar-refractivity contribution in [2.75, 3.05) is 0 Å². The highest BCUT2D eigenvalue weighted by Gasteiger charge is 2.43. The molecule has 8 nitrogen and oxygen atoms in total. The van der Waals surface area contributed by atoms with Gasteiger partial charge in [-0.15, -0.1) is 0 Å². The Hall–Kier alpha value is -2.90. The van der Waals surface area contributed by atoms with E-state index in [-0.39, 0.29) is 16.9 Å². The SMILES string of the molecule is O=C(NC1(C(=O)O)CCCC1)c1cc2cccc([N+](=O)[O-])c2[nH]1. The zero-order valence-corrected chi connectivity index (χ0v) is 12.2. The summed E-state index contributed by atoms with van der Waals surface area (Å²) in [6, 6.07) is 6.02. The van der Waals surface area contributed by atoms with Gasteiger partial charge in [-0.25, -0.2) is 4.79 Å². The summed E-state index contributed by atoms with van der Waals surface area (Å²) < 4.78 is 0. The van der Waals surface area contributed by atoms with E-state index >= 15 is 0 Å². The normalized spacial score (nSPS) is 16.3. The maximum atomic E-state index is 12.4. The second-order valence-corrected chi connectivity index (χ2v) is 5.73. The molecule has 0 radical (unpaired) electrons. The zero-order chi connectivity index (χ0) is 16.6. The van der Waals surface area contributed by atoms with Crippen LogP contribution in [0.4, 0.5) is 5.69 Å². The van der Waals surface area contributed by atoms with Crippen LogP contribution in [0.25, 0.3) is 10.9 Å². The molecule has 1 aliphatic rings. The largest absolute Gasteiger partial charge is 0.480 e. The number of hydrogen-bond donors (Lipinski definition) is 3. The van der Waals surface area contributed by atoms with Crippen LogP contribution in [0.15, 0.2) is 24.3 Å². The Morgan fingerprint density at radius 3 is 2.61 bits per heavy atom. The summed E-state index contributed by atoms with van der Waals surface area (Å²) in [6.45, 7) is 0. The Labute approximate surface area is 130 Å². The molecule has 0 spiro atoms. The molecule has 1 aromatic heterocycles. The van der Waals surface area contributed by atoms with Gasteiger partial charge in [-0.1, -0.05) is 25.0 Å². The van der Waals surface area contributed by atoms with E-state index in [0.717, 1.165) is 12.8 Å². The van der Waals surface area contributed by atoms with E-state index in [1.54, 1.807) is 6.07 Å². The third-order valence-corrected chi connectivity index (χ3v) is 4.29. The number of aromatic nitrogens is 1. The number of nitro groups is 1. The number of non-ortho nitro benzene ring substituents is 1. The van der Waals surface area contributed by atoms with E-state index in [1.165, 1.54) is 18.2 Å². The molecule has 120 valence electrons. The van der Waals surface area contributed by atoms with Crippen molar-refractivity contribution in [3.63, 3.8) is 0 Å². The minimum Gasteiger partial charge on any atom is -0.480 e. The number of nitro benzene ring substituents is 1. The number of H-pyrrole nitrogens is 1. The maximum absolute atomic E-state index is 12.4. The molecule has 0 aliphatic heterocycles. The minimum atomic E-state index is -1.25. The number of aromatic amines is 1. The number of aliphatic carboxylic acids is 1. The van der Waals surface area contributed by atoms with Crippen LogP contribution in [-0.2, 0) is 4.79 Å². The number of fused-ring (bicyclic) bond motifs is 1. The van der Waals surface area contributed by atoms with Gasteiger partial charge in [0.15, 0.2) is 0 Å². The third kappa shape index (κ3) is 2.52. The average Bonchev–Trinajstić information content (AvgIpc) is 3.13. The molecule has 0 saturated heterocycles. The van der Waals surface area contributed by atoms with Crippen molar-refractivity contribution in [3.8, 4) is 0 Å². The molecule has 1 amide bonds. The van der Waals surface area contributed by atoms with Crippen molar-refractivity contribution in [1.29, 1.82) is 0 Å². The summed E-state index contributed by atoms with van der Waals surface area (Å²) in [5, 5.41) is 23.5. The summed E-state index contributed by atoms with van der Waals surface area (Å²) >= 11 is 0. The first-order valence-corrected chi connectivity index (χ1v) is 7.25. The molecular formula is C15H15N3O5. The average molecular weight is 317 g/mol. The molecule has 0 bridgehead atoms. The van der Waals surface area contributed by atoms with Crippen molar-refractivity contribution in [1.82, 2.24) is 10.3 Å². The number of hydrogen-bond acceptors (Lipinski definition) is 4. The van der Waals surface area contributed by atoms with Gasteiger partial charge in [-0.05, 0) is 18.9 Å². The molecule has 1 saturated carbocycles. The Morgan fingerprint density at radius 1 is 1.30 bits per heavy atom. The number of nitrogens with zero attached hydrogens (tertiary/aromatic N) is 1. The molecule has 0 unspecified atom stereocenters. The lowest BCUT2D eigenvalue weighted by molar-refractivity contribution is -0.383. The van der Waals surface area contributed by atoms with Crippen LogP contribution in [0.3, 0.4) is 0 Å². The number of rotatable bonds is 4. The van der Waals surface area contributed by atoms with Crippen LogP contribution >= 0.6 is 0 Å². The molecule has 3 N–H and O–H groups in total. The quantitative estimate of drug-likeness (QED) is 0.589. The smallest absolute Gasteiger partial charge is 0.329 e. The molecule has 0 atom stereocenters. The van der Waals surface area contributed by atoms with E-state index < -0.39 is 22.3 Å². The summed E-state index contributed by atoms with van der Waals surface area (Å²) in [5.41, 5.74) is -1.02. The van der Waals surface area contributed by atoms with E-state index in [4.69, 9.17) is 0 Å². The second-order valence-electron chi connectivity index (χ2n) is 5.73. The summed E-state index contributed by atoms with van der Waals surface area (Å²) in [5.74, 6) is -1.62.